The number of likely N-dealkylation sites (tertiary alicyclic amines) is 1. The Bertz CT molecular complexity index is 1050. The highest BCUT2D eigenvalue weighted by atomic mass is 32.2. The molecular weight excluding hydrogens is 544 g/mol. The van der Waals surface area contributed by atoms with Gasteiger partial charge in [0, 0.05) is 32.9 Å². The molecule has 1 saturated heterocycles. The molecular formula is C32H47F2N3O3S. The fourth-order valence-electron chi connectivity index (χ4n) is 5.56. The summed E-state index contributed by atoms with van der Waals surface area (Å²) in [5, 5.41) is 17.6. The average molecular weight is 592 g/mol. The van der Waals surface area contributed by atoms with Gasteiger partial charge in [-0.1, -0.05) is 31.2 Å². The van der Waals surface area contributed by atoms with Gasteiger partial charge in [-0.2, -0.15) is 11.8 Å². The molecule has 0 saturated carbocycles. The van der Waals surface area contributed by atoms with Crippen molar-refractivity contribution < 1.29 is 23.4 Å². The van der Waals surface area contributed by atoms with Gasteiger partial charge in [0.15, 0.2) is 0 Å². The van der Waals surface area contributed by atoms with Gasteiger partial charge in [0.05, 0.1) is 18.2 Å². The number of halogens is 2. The number of aliphatic hydroxyl groups excluding tert-OH is 1. The normalized spacial score (nSPS) is 16.8. The highest BCUT2D eigenvalue weighted by Gasteiger charge is 2.32. The number of amides is 1. The summed E-state index contributed by atoms with van der Waals surface area (Å²) in [4.78, 5) is 16.0. The highest BCUT2D eigenvalue weighted by Crippen LogP contribution is 2.24. The Labute approximate surface area is 248 Å². The van der Waals surface area contributed by atoms with Gasteiger partial charge in [-0.3, -0.25) is 9.69 Å². The number of methoxy groups -OCH3 is 1. The van der Waals surface area contributed by atoms with Gasteiger partial charge in [-0.05, 0) is 98.4 Å². The van der Waals surface area contributed by atoms with Crippen molar-refractivity contribution in [1.82, 2.24) is 15.5 Å². The number of thioether (sulfide) groups is 1. The monoisotopic (exact) mass is 591 g/mol. The topological polar surface area (TPSA) is 73.8 Å². The molecule has 1 heterocycles. The Morgan fingerprint density at radius 2 is 1.83 bits per heavy atom. The van der Waals surface area contributed by atoms with E-state index < -0.39 is 23.8 Å². The van der Waals surface area contributed by atoms with Crippen molar-refractivity contribution in [3.05, 3.63) is 70.8 Å². The Balaban J connectivity index is 1.70. The molecule has 9 heteroatoms. The lowest BCUT2D eigenvalue weighted by Gasteiger charge is -2.38. The number of aliphatic hydroxyl groups is 1. The maximum atomic E-state index is 14.0. The predicted molar refractivity (Wildman–Crippen MR) is 163 cm³/mol. The van der Waals surface area contributed by atoms with Gasteiger partial charge >= 0.3 is 0 Å². The van der Waals surface area contributed by atoms with Crippen LogP contribution in [0.5, 0.6) is 0 Å². The summed E-state index contributed by atoms with van der Waals surface area (Å²) >= 11 is 1.70. The Morgan fingerprint density at radius 1 is 1.12 bits per heavy atom. The summed E-state index contributed by atoms with van der Waals surface area (Å²) in [6, 6.07) is 10.6. The SMILES string of the molecule is CCc1cccc(CNC[C@H](O)[C@H](Cc2cc(F)cc(F)c2)NC(=O)[C@H](CCSC)N2CCC(CCOC)CC2)c1. The third kappa shape index (κ3) is 11.3. The zero-order valence-electron chi connectivity index (χ0n) is 24.7. The van der Waals surface area contributed by atoms with Crippen LogP contribution in [0.4, 0.5) is 8.78 Å². The second-order valence-corrected chi connectivity index (χ2v) is 12.0. The van der Waals surface area contributed by atoms with Crippen molar-refractivity contribution in [2.45, 2.75) is 70.2 Å². The average Bonchev–Trinajstić information content (AvgIpc) is 2.96. The van der Waals surface area contributed by atoms with Crippen molar-refractivity contribution >= 4 is 17.7 Å². The molecule has 0 aliphatic carbocycles. The molecule has 1 aliphatic rings. The molecule has 2 aromatic rings. The number of nitrogens with zero attached hydrogens (tertiary/aromatic N) is 1. The number of aryl methyl sites for hydroxylation is 1. The van der Waals surface area contributed by atoms with E-state index >= 15 is 0 Å². The van der Waals surface area contributed by atoms with Gasteiger partial charge in [-0.25, -0.2) is 8.78 Å². The van der Waals surface area contributed by atoms with Crippen LogP contribution < -0.4 is 10.6 Å². The van der Waals surface area contributed by atoms with Crippen molar-refractivity contribution in [3.63, 3.8) is 0 Å². The fraction of sp³-hybridized carbons (Fsp3) is 0.594. The molecule has 1 amide bonds. The molecule has 0 aromatic heterocycles. The first kappa shape index (κ1) is 33.5. The molecule has 0 spiro atoms. The first-order valence-electron chi connectivity index (χ1n) is 14.8. The minimum Gasteiger partial charge on any atom is -0.390 e. The van der Waals surface area contributed by atoms with Gasteiger partial charge in [0.1, 0.15) is 11.6 Å². The first-order chi connectivity index (χ1) is 19.8. The molecule has 3 rings (SSSR count). The molecule has 0 radical (unpaired) electrons. The van der Waals surface area contributed by atoms with Crippen LogP contribution in [0.25, 0.3) is 0 Å². The smallest absolute Gasteiger partial charge is 0.237 e. The van der Waals surface area contributed by atoms with E-state index in [0.717, 1.165) is 62.8 Å². The molecule has 2 aromatic carbocycles. The number of hydrogen-bond acceptors (Lipinski definition) is 6. The maximum absolute atomic E-state index is 14.0. The molecule has 1 fully saturated rings. The molecule has 6 nitrogen and oxygen atoms in total. The largest absolute Gasteiger partial charge is 0.390 e. The summed E-state index contributed by atoms with van der Waals surface area (Å²) in [7, 11) is 1.72. The number of hydrogen-bond donors (Lipinski definition) is 3. The number of piperidine rings is 1. The van der Waals surface area contributed by atoms with Crippen molar-refractivity contribution in [1.29, 1.82) is 0 Å². The number of benzene rings is 2. The van der Waals surface area contributed by atoms with E-state index in [1.54, 1.807) is 18.9 Å². The second kappa shape index (κ2) is 17.8. The van der Waals surface area contributed by atoms with Gasteiger partial charge < -0.3 is 20.5 Å². The van der Waals surface area contributed by atoms with Crippen LogP contribution in [0.15, 0.2) is 42.5 Å². The highest BCUT2D eigenvalue weighted by molar-refractivity contribution is 7.98. The number of carbonyl (C=O) groups excluding carboxylic acids is 1. The van der Waals surface area contributed by atoms with Crippen LogP contribution in [0.1, 0.15) is 49.3 Å². The lowest BCUT2D eigenvalue weighted by molar-refractivity contribution is -0.128. The quantitative estimate of drug-likeness (QED) is 0.250. The summed E-state index contributed by atoms with van der Waals surface area (Å²) in [5.74, 6) is -0.0732. The van der Waals surface area contributed by atoms with Crippen LogP contribution in [0, 0.1) is 17.6 Å². The van der Waals surface area contributed by atoms with Crippen LogP contribution >= 0.6 is 11.8 Å². The Kier molecular flexibility index (Phi) is 14.5. The Morgan fingerprint density at radius 3 is 2.49 bits per heavy atom. The summed E-state index contributed by atoms with van der Waals surface area (Å²) < 4.78 is 33.2. The Hall–Kier alpha value is -2.04. The van der Waals surface area contributed by atoms with Crippen LogP contribution in [0.3, 0.4) is 0 Å². The van der Waals surface area contributed by atoms with Crippen LogP contribution in [-0.2, 0) is 28.9 Å². The second-order valence-electron chi connectivity index (χ2n) is 11.0. The van der Waals surface area contributed by atoms with Crippen molar-refractivity contribution in [3.8, 4) is 0 Å². The van der Waals surface area contributed by atoms with Gasteiger partial charge in [0.2, 0.25) is 5.91 Å². The third-order valence-electron chi connectivity index (χ3n) is 7.97. The van der Waals surface area contributed by atoms with E-state index in [-0.39, 0.29) is 24.9 Å². The molecule has 0 unspecified atom stereocenters. The molecule has 3 N–H and O–H groups in total. The molecule has 0 bridgehead atoms. The zero-order valence-corrected chi connectivity index (χ0v) is 25.5. The number of nitrogens with one attached hydrogen (secondary N) is 2. The maximum Gasteiger partial charge on any atom is 0.237 e. The number of rotatable bonds is 17. The summed E-state index contributed by atoms with van der Waals surface area (Å²) in [6.45, 7) is 5.31. The first-order valence-corrected chi connectivity index (χ1v) is 16.2. The number of ether oxygens (including phenoxy) is 1. The summed E-state index contributed by atoms with van der Waals surface area (Å²) in [6.07, 6.45) is 5.88. The van der Waals surface area contributed by atoms with Crippen LogP contribution in [0.2, 0.25) is 0 Å². The molecule has 3 atom stereocenters. The van der Waals surface area contributed by atoms with Gasteiger partial charge in [-0.15, -0.1) is 0 Å². The van der Waals surface area contributed by atoms with E-state index in [2.05, 4.69) is 34.6 Å². The van der Waals surface area contributed by atoms with E-state index in [0.29, 0.717) is 24.4 Å². The van der Waals surface area contributed by atoms with Gasteiger partial charge in [0.25, 0.3) is 0 Å². The van der Waals surface area contributed by atoms with E-state index in [4.69, 9.17) is 4.74 Å². The standard InChI is InChI=1S/C32H47F2N3O3S/c1-4-23-6-5-7-25(16-23)21-35-22-31(38)29(19-26-17-27(33)20-28(34)18-26)36-32(39)30(11-15-41-3)37-12-8-24(9-13-37)10-14-40-2/h5-7,16-18,20,24,29-31,35,38H,4,8-15,19,21-22H2,1-3H3,(H,36,39)/t29-,30-,31-/m0/s1. The minimum absolute atomic E-state index is 0.114. The lowest BCUT2D eigenvalue weighted by Crippen LogP contribution is -2.56. The van der Waals surface area contributed by atoms with Crippen molar-refractivity contribution in [2.75, 3.05) is 45.4 Å². The fourth-order valence-corrected chi connectivity index (χ4v) is 6.02. The van der Waals surface area contributed by atoms with E-state index in [9.17, 15) is 18.7 Å². The predicted octanol–water partition coefficient (Wildman–Crippen LogP) is 4.58. The zero-order chi connectivity index (χ0) is 29.6. The number of carbonyl (C=O) groups is 1. The molecule has 41 heavy (non-hydrogen) atoms. The lowest BCUT2D eigenvalue weighted by atomic mass is 9.92. The molecule has 1 aliphatic heterocycles. The molecule has 228 valence electrons. The summed E-state index contributed by atoms with van der Waals surface area (Å²) in [5.41, 5.74) is 2.74. The minimum atomic E-state index is -0.958. The van der Waals surface area contributed by atoms with Crippen LogP contribution in [-0.4, -0.2) is 79.5 Å². The van der Waals surface area contributed by atoms with Crippen molar-refractivity contribution in [2.24, 2.45) is 5.92 Å². The van der Waals surface area contributed by atoms with E-state index in [1.807, 2.05) is 18.4 Å². The third-order valence-corrected chi connectivity index (χ3v) is 8.61. The van der Waals surface area contributed by atoms with E-state index in [1.165, 1.54) is 17.7 Å².